The summed E-state index contributed by atoms with van der Waals surface area (Å²) in [7, 11) is 0. The third-order valence-electron chi connectivity index (χ3n) is 2.08. The highest BCUT2D eigenvalue weighted by Gasteiger charge is 2.07. The van der Waals surface area contributed by atoms with E-state index in [1.54, 1.807) is 12.1 Å². The van der Waals surface area contributed by atoms with Crippen molar-refractivity contribution < 1.29 is 4.39 Å². The molecule has 0 unspecified atom stereocenters. The lowest BCUT2D eigenvalue weighted by Gasteiger charge is -2.05. The minimum atomic E-state index is -0.246. The monoisotopic (exact) mass is 256 g/mol. The number of anilines is 1. The van der Waals surface area contributed by atoms with Crippen LogP contribution in [0, 0.1) is 5.82 Å². The molecule has 0 saturated carbocycles. The number of benzene rings is 1. The molecule has 1 aliphatic rings. The Hall–Kier alpha value is -0.900. The third-order valence-corrected chi connectivity index (χ3v) is 2.69. The van der Waals surface area contributed by atoms with Gasteiger partial charge in [-0.2, -0.15) is 0 Å². The molecule has 0 bridgehead atoms. The van der Waals surface area contributed by atoms with Gasteiger partial charge in [-0.3, -0.25) is 4.99 Å². The first kappa shape index (κ1) is 9.65. The molecule has 74 valence electrons. The van der Waals surface area contributed by atoms with E-state index in [0.29, 0.717) is 4.47 Å². The van der Waals surface area contributed by atoms with Crippen LogP contribution in [0.15, 0.2) is 27.7 Å². The van der Waals surface area contributed by atoms with Crippen LogP contribution < -0.4 is 5.32 Å². The van der Waals surface area contributed by atoms with Crippen molar-refractivity contribution in [3.05, 3.63) is 28.5 Å². The number of hydrogen-bond donors (Lipinski definition) is 1. The summed E-state index contributed by atoms with van der Waals surface area (Å²) in [4.78, 5) is 4.28. The lowest BCUT2D eigenvalue weighted by Crippen LogP contribution is -2.08. The number of amidine groups is 1. The molecule has 0 fully saturated rings. The quantitative estimate of drug-likeness (QED) is 0.820. The molecular weight excluding hydrogens is 247 g/mol. The van der Waals surface area contributed by atoms with Crippen LogP contribution in [0.4, 0.5) is 10.1 Å². The Morgan fingerprint density at radius 2 is 2.29 bits per heavy atom. The van der Waals surface area contributed by atoms with Crippen molar-refractivity contribution in [3.8, 4) is 0 Å². The number of hydrogen-bond acceptors (Lipinski definition) is 2. The first-order valence-corrected chi connectivity index (χ1v) is 5.30. The molecule has 14 heavy (non-hydrogen) atoms. The van der Waals surface area contributed by atoms with E-state index in [1.165, 1.54) is 6.07 Å². The number of nitrogens with zero attached hydrogens (tertiary/aromatic N) is 1. The van der Waals surface area contributed by atoms with Gasteiger partial charge >= 0.3 is 0 Å². The zero-order valence-corrected chi connectivity index (χ0v) is 9.14. The van der Waals surface area contributed by atoms with Gasteiger partial charge in [-0.25, -0.2) is 4.39 Å². The fourth-order valence-electron chi connectivity index (χ4n) is 1.38. The lowest BCUT2D eigenvalue weighted by atomic mass is 10.3. The molecule has 1 aromatic rings. The minimum absolute atomic E-state index is 0.246. The van der Waals surface area contributed by atoms with Crippen LogP contribution in [0.3, 0.4) is 0 Å². The number of rotatable bonds is 1. The molecule has 0 aliphatic carbocycles. The molecule has 1 aliphatic heterocycles. The number of halogens is 2. The molecule has 0 radical (unpaired) electrons. The van der Waals surface area contributed by atoms with E-state index in [-0.39, 0.29) is 5.82 Å². The minimum Gasteiger partial charge on any atom is -0.344 e. The van der Waals surface area contributed by atoms with E-state index in [9.17, 15) is 4.39 Å². The maximum Gasteiger partial charge on any atom is 0.137 e. The standard InChI is InChI=1S/C10H10BrFN2/c11-8-6-7(3-4-9(8)12)14-10-2-1-5-13-10/h3-4,6H,1-2,5H2,(H,13,14). The van der Waals surface area contributed by atoms with Crippen LogP contribution >= 0.6 is 15.9 Å². The van der Waals surface area contributed by atoms with Crippen molar-refractivity contribution in [1.29, 1.82) is 0 Å². The molecule has 2 rings (SSSR count). The highest BCUT2D eigenvalue weighted by molar-refractivity contribution is 9.10. The van der Waals surface area contributed by atoms with Gasteiger partial charge in [0.05, 0.1) is 4.47 Å². The summed E-state index contributed by atoms with van der Waals surface area (Å²) in [5, 5.41) is 3.16. The van der Waals surface area contributed by atoms with Crippen molar-refractivity contribution in [2.75, 3.05) is 11.9 Å². The van der Waals surface area contributed by atoms with E-state index in [2.05, 4.69) is 26.2 Å². The van der Waals surface area contributed by atoms with E-state index in [1.807, 2.05) is 0 Å². The molecule has 4 heteroatoms. The first-order valence-electron chi connectivity index (χ1n) is 4.51. The second kappa shape index (κ2) is 4.09. The summed E-state index contributed by atoms with van der Waals surface area (Å²) in [5.41, 5.74) is 0.874. The fourth-order valence-corrected chi connectivity index (χ4v) is 1.76. The average molecular weight is 257 g/mol. The number of aliphatic imine (C=N–C) groups is 1. The van der Waals surface area contributed by atoms with Gasteiger partial charge in [0.1, 0.15) is 11.7 Å². The van der Waals surface area contributed by atoms with Gasteiger partial charge in [-0.15, -0.1) is 0 Å². The molecule has 0 atom stereocenters. The SMILES string of the molecule is Fc1ccc(NC2=NCCC2)cc1Br. The second-order valence-corrected chi connectivity index (χ2v) is 4.04. The molecule has 1 heterocycles. The van der Waals surface area contributed by atoms with Gasteiger partial charge in [0, 0.05) is 18.7 Å². The van der Waals surface area contributed by atoms with E-state index < -0.39 is 0 Å². The lowest BCUT2D eigenvalue weighted by molar-refractivity contribution is 0.621. The summed E-state index contributed by atoms with van der Waals surface area (Å²) >= 11 is 3.14. The summed E-state index contributed by atoms with van der Waals surface area (Å²) in [6, 6.07) is 4.86. The van der Waals surface area contributed by atoms with Crippen LogP contribution in [-0.4, -0.2) is 12.4 Å². The fraction of sp³-hybridized carbons (Fsp3) is 0.300. The zero-order chi connectivity index (χ0) is 9.97. The molecule has 2 nitrogen and oxygen atoms in total. The maximum absolute atomic E-state index is 12.9. The molecule has 1 aromatic carbocycles. The van der Waals surface area contributed by atoms with Crippen molar-refractivity contribution in [1.82, 2.24) is 0 Å². The van der Waals surface area contributed by atoms with Gasteiger partial charge in [-0.05, 0) is 40.5 Å². The smallest absolute Gasteiger partial charge is 0.137 e. The van der Waals surface area contributed by atoms with Crippen LogP contribution in [-0.2, 0) is 0 Å². The van der Waals surface area contributed by atoms with E-state index >= 15 is 0 Å². The average Bonchev–Trinajstić information content (AvgIpc) is 2.64. The van der Waals surface area contributed by atoms with Gasteiger partial charge in [0.25, 0.3) is 0 Å². The van der Waals surface area contributed by atoms with Crippen molar-refractivity contribution >= 4 is 27.5 Å². The highest BCUT2D eigenvalue weighted by atomic mass is 79.9. The molecular formula is C10H10BrFN2. The Morgan fingerprint density at radius 1 is 1.43 bits per heavy atom. The van der Waals surface area contributed by atoms with Crippen LogP contribution in [0.1, 0.15) is 12.8 Å². The van der Waals surface area contributed by atoms with E-state index in [4.69, 9.17) is 0 Å². The van der Waals surface area contributed by atoms with Gasteiger partial charge in [-0.1, -0.05) is 0 Å². The zero-order valence-electron chi connectivity index (χ0n) is 7.56. The molecule has 0 amide bonds. The van der Waals surface area contributed by atoms with Gasteiger partial charge in [0.15, 0.2) is 0 Å². The predicted molar refractivity (Wildman–Crippen MR) is 59.3 cm³/mol. The van der Waals surface area contributed by atoms with Gasteiger partial charge < -0.3 is 5.32 Å². The Balaban J connectivity index is 2.13. The predicted octanol–water partition coefficient (Wildman–Crippen LogP) is 3.19. The van der Waals surface area contributed by atoms with Crippen molar-refractivity contribution in [2.45, 2.75) is 12.8 Å². The number of nitrogens with one attached hydrogen (secondary N) is 1. The normalized spacial score (nSPS) is 15.4. The third kappa shape index (κ3) is 2.12. The Morgan fingerprint density at radius 3 is 2.93 bits per heavy atom. The summed E-state index contributed by atoms with van der Waals surface area (Å²) in [6.07, 6.45) is 2.08. The molecule has 0 spiro atoms. The topological polar surface area (TPSA) is 24.4 Å². The van der Waals surface area contributed by atoms with Crippen LogP contribution in [0.5, 0.6) is 0 Å². The van der Waals surface area contributed by atoms with E-state index in [0.717, 1.165) is 30.9 Å². The van der Waals surface area contributed by atoms with Gasteiger partial charge in [0.2, 0.25) is 0 Å². The molecule has 0 saturated heterocycles. The Bertz CT molecular complexity index is 376. The highest BCUT2D eigenvalue weighted by Crippen LogP contribution is 2.20. The van der Waals surface area contributed by atoms with Crippen LogP contribution in [0.25, 0.3) is 0 Å². The Kier molecular flexibility index (Phi) is 2.82. The maximum atomic E-state index is 12.9. The Labute approximate surface area is 90.4 Å². The van der Waals surface area contributed by atoms with Crippen molar-refractivity contribution in [2.24, 2.45) is 4.99 Å². The van der Waals surface area contributed by atoms with Crippen molar-refractivity contribution in [3.63, 3.8) is 0 Å². The second-order valence-electron chi connectivity index (χ2n) is 3.19. The summed E-state index contributed by atoms with van der Waals surface area (Å²) in [5.74, 6) is 0.743. The van der Waals surface area contributed by atoms with Crippen LogP contribution in [0.2, 0.25) is 0 Å². The first-order chi connectivity index (χ1) is 6.75. The molecule has 0 aromatic heterocycles. The summed E-state index contributed by atoms with van der Waals surface area (Å²) < 4.78 is 13.4. The largest absolute Gasteiger partial charge is 0.344 e. The molecule has 1 N–H and O–H groups in total. The summed E-state index contributed by atoms with van der Waals surface area (Å²) in [6.45, 7) is 0.894.